The van der Waals surface area contributed by atoms with Gasteiger partial charge in [-0.3, -0.25) is 9.78 Å². The zero-order valence-electron chi connectivity index (χ0n) is 26.3. The predicted molar refractivity (Wildman–Crippen MR) is 169 cm³/mol. The van der Waals surface area contributed by atoms with E-state index >= 15 is 0 Å². The number of carbonyl (C=O) groups excluding carboxylic acids is 2. The first-order chi connectivity index (χ1) is 23.2. The van der Waals surface area contributed by atoms with Gasteiger partial charge in [-0.1, -0.05) is 71.4 Å². The first kappa shape index (κ1) is 38.3. The number of amides is 1. The molecule has 15 heteroatoms. The van der Waals surface area contributed by atoms with Crippen molar-refractivity contribution in [1.82, 2.24) is 10.3 Å². The van der Waals surface area contributed by atoms with Crippen LogP contribution in [0.4, 0.5) is 26.3 Å². The fraction of sp³-hybridized carbons (Fsp3) is 0.235. The molecule has 0 aliphatic carbocycles. The van der Waals surface area contributed by atoms with Crippen molar-refractivity contribution in [3.8, 4) is 5.75 Å². The molecule has 0 fully saturated rings. The predicted octanol–water partition coefficient (Wildman–Crippen LogP) is 7.84. The highest BCUT2D eigenvalue weighted by Gasteiger charge is 2.35. The molecule has 0 saturated carbocycles. The molecule has 0 bridgehead atoms. The molecule has 0 unspecified atom stereocenters. The molecule has 0 saturated heterocycles. The van der Waals surface area contributed by atoms with Crippen molar-refractivity contribution in [1.29, 1.82) is 0 Å². The zero-order chi connectivity index (χ0) is 36.2. The number of hydrogen-bond donors (Lipinski definition) is 1. The number of nitrogens with one attached hydrogen (secondary N) is 1. The van der Waals surface area contributed by atoms with Crippen LogP contribution in [0.2, 0.25) is 5.02 Å². The third-order valence-corrected chi connectivity index (χ3v) is 7.01. The Hall–Kier alpha value is -5.11. The number of alkyl halides is 6. The van der Waals surface area contributed by atoms with Crippen molar-refractivity contribution in [3.05, 3.63) is 129 Å². The van der Waals surface area contributed by atoms with Crippen LogP contribution in [0.25, 0.3) is 0 Å². The molecule has 3 aromatic carbocycles. The first-order valence-corrected chi connectivity index (χ1v) is 14.7. The smallest absolute Gasteiger partial charge is 0.417 e. The van der Waals surface area contributed by atoms with Crippen LogP contribution in [0.1, 0.15) is 43.9 Å². The fourth-order valence-corrected chi connectivity index (χ4v) is 4.52. The summed E-state index contributed by atoms with van der Waals surface area (Å²) in [5.74, 6) is -0.721. The van der Waals surface area contributed by atoms with Gasteiger partial charge in [0.25, 0.3) is 5.91 Å². The van der Waals surface area contributed by atoms with Gasteiger partial charge >= 0.3 is 18.3 Å². The number of carbonyl (C=O) groups is 2. The van der Waals surface area contributed by atoms with Crippen LogP contribution < -0.4 is 10.1 Å². The molecule has 1 N–H and O–H groups in total. The van der Waals surface area contributed by atoms with Gasteiger partial charge in [-0.05, 0) is 42.3 Å². The molecule has 4 aromatic rings. The van der Waals surface area contributed by atoms with Crippen LogP contribution in [-0.2, 0) is 39.7 Å². The van der Waals surface area contributed by atoms with Gasteiger partial charge in [-0.2, -0.15) is 26.3 Å². The van der Waals surface area contributed by atoms with E-state index in [-0.39, 0.29) is 29.4 Å². The van der Waals surface area contributed by atoms with Gasteiger partial charge < -0.3 is 19.6 Å². The van der Waals surface area contributed by atoms with Gasteiger partial charge in [0.15, 0.2) is 5.71 Å². The Morgan fingerprint density at radius 2 is 1.51 bits per heavy atom. The number of aryl methyl sites for hydroxylation is 1. The molecule has 49 heavy (non-hydrogen) atoms. The standard InChI is InChI=1S/C18H19NO4.C16H11ClF6N2O/c1-13-8-4-7-11-16(13)23-12-14-9-5-6-10-15(14)17(19-22-3)18(20)21-2;17-12-7-9(15(18,19)20)8-25-13(12)5-6-24-14(26)10-3-1-2-4-11(10)16(21,22)23/h4-11H,12H2,1-3H3;1-4,7-8H,5-6H2,(H,24,26)/b19-17-;. The van der Waals surface area contributed by atoms with Crippen molar-refractivity contribution >= 4 is 29.2 Å². The lowest BCUT2D eigenvalue weighted by Crippen LogP contribution is -2.28. The molecule has 0 aliphatic heterocycles. The Bertz CT molecular complexity index is 1780. The Morgan fingerprint density at radius 1 is 0.878 bits per heavy atom. The van der Waals surface area contributed by atoms with E-state index in [0.717, 1.165) is 35.1 Å². The van der Waals surface area contributed by atoms with Gasteiger partial charge in [0.1, 0.15) is 19.5 Å². The third kappa shape index (κ3) is 11.0. The van der Waals surface area contributed by atoms with E-state index in [9.17, 15) is 35.9 Å². The van der Waals surface area contributed by atoms with Crippen molar-refractivity contribution in [2.45, 2.75) is 32.3 Å². The summed E-state index contributed by atoms with van der Waals surface area (Å²) in [4.78, 5) is 32.2. The maximum Gasteiger partial charge on any atom is 0.417 e. The third-order valence-electron chi connectivity index (χ3n) is 6.68. The molecule has 0 aliphatic rings. The average Bonchev–Trinajstić information content (AvgIpc) is 3.07. The molecular weight excluding hydrogens is 680 g/mol. The number of esters is 1. The summed E-state index contributed by atoms with van der Waals surface area (Å²) in [6.45, 7) is 2.14. The van der Waals surface area contributed by atoms with Crippen LogP contribution >= 0.6 is 11.6 Å². The second kappa shape index (κ2) is 17.3. The number of pyridine rings is 1. The zero-order valence-corrected chi connectivity index (χ0v) is 27.0. The van der Waals surface area contributed by atoms with Gasteiger partial charge in [-0.15, -0.1) is 0 Å². The summed E-state index contributed by atoms with van der Waals surface area (Å²) in [6.07, 6.45) is -8.73. The molecule has 1 aromatic heterocycles. The quantitative estimate of drug-likeness (QED) is 0.0780. The summed E-state index contributed by atoms with van der Waals surface area (Å²) >= 11 is 5.73. The lowest BCUT2D eigenvalue weighted by atomic mass is 10.0. The van der Waals surface area contributed by atoms with Crippen LogP contribution in [0.15, 0.2) is 90.2 Å². The summed E-state index contributed by atoms with van der Waals surface area (Å²) in [5, 5.41) is 5.81. The van der Waals surface area contributed by atoms with E-state index < -0.39 is 40.9 Å². The average molecular weight is 710 g/mol. The summed E-state index contributed by atoms with van der Waals surface area (Å²) in [7, 11) is 2.69. The van der Waals surface area contributed by atoms with Crippen LogP contribution in [-0.4, -0.2) is 43.3 Å². The van der Waals surface area contributed by atoms with Crippen molar-refractivity contribution in [2.24, 2.45) is 5.16 Å². The lowest BCUT2D eigenvalue weighted by Gasteiger charge is -2.13. The Balaban J connectivity index is 0.000000267. The fourth-order valence-electron chi connectivity index (χ4n) is 4.26. The maximum atomic E-state index is 12.9. The van der Waals surface area contributed by atoms with Crippen LogP contribution in [0, 0.1) is 6.92 Å². The molecule has 1 heterocycles. The SMILES string of the molecule is CO/N=C(\C(=O)OC)c1ccccc1COc1ccccc1C.O=C(NCCc1ncc(C(F)(F)F)cc1Cl)c1ccccc1C(F)(F)F. The Kier molecular flexibility index (Phi) is 13.6. The highest BCUT2D eigenvalue weighted by molar-refractivity contribution is 6.43. The Morgan fingerprint density at radius 3 is 2.12 bits per heavy atom. The first-order valence-electron chi connectivity index (χ1n) is 14.3. The number of oxime groups is 1. The number of halogens is 7. The molecule has 0 spiro atoms. The number of ether oxygens (including phenoxy) is 2. The van der Waals surface area contributed by atoms with Crippen LogP contribution in [0.3, 0.4) is 0 Å². The number of aromatic nitrogens is 1. The van der Waals surface area contributed by atoms with Gasteiger partial charge in [0, 0.05) is 24.7 Å². The highest BCUT2D eigenvalue weighted by Crippen LogP contribution is 2.32. The minimum absolute atomic E-state index is 0.0447. The monoisotopic (exact) mass is 709 g/mol. The van der Waals surface area contributed by atoms with E-state index in [1.165, 1.54) is 20.3 Å². The van der Waals surface area contributed by atoms with E-state index in [4.69, 9.17) is 25.9 Å². The molecule has 1 amide bonds. The van der Waals surface area contributed by atoms with Crippen molar-refractivity contribution in [3.63, 3.8) is 0 Å². The summed E-state index contributed by atoms with van der Waals surface area (Å²) in [6, 6.07) is 20.1. The second-order valence-electron chi connectivity index (χ2n) is 10.0. The molecule has 8 nitrogen and oxygen atoms in total. The highest BCUT2D eigenvalue weighted by atomic mass is 35.5. The van der Waals surface area contributed by atoms with E-state index in [0.29, 0.717) is 24.4 Å². The van der Waals surface area contributed by atoms with Crippen molar-refractivity contribution < 1.29 is 50.2 Å². The number of hydrogen-bond acceptors (Lipinski definition) is 7. The van der Waals surface area contributed by atoms with E-state index in [1.807, 2.05) is 49.4 Å². The molecule has 0 radical (unpaired) electrons. The summed E-state index contributed by atoms with van der Waals surface area (Å²) in [5.41, 5.74) is 0.0302. The number of nitrogens with zero attached hydrogens (tertiary/aromatic N) is 2. The van der Waals surface area contributed by atoms with Crippen LogP contribution in [0.5, 0.6) is 5.75 Å². The minimum Gasteiger partial charge on any atom is -0.489 e. The molecule has 0 atom stereocenters. The van der Waals surface area contributed by atoms with E-state index in [2.05, 4.69) is 15.5 Å². The topological polar surface area (TPSA) is 99.1 Å². The largest absolute Gasteiger partial charge is 0.489 e. The lowest BCUT2D eigenvalue weighted by molar-refractivity contribution is -0.138. The molecule has 4 rings (SSSR count). The number of para-hydroxylation sites is 1. The normalized spacial score (nSPS) is 11.6. The summed E-state index contributed by atoms with van der Waals surface area (Å²) < 4.78 is 86.9. The number of benzene rings is 3. The molecule has 260 valence electrons. The van der Waals surface area contributed by atoms with Gasteiger partial charge in [0.05, 0.1) is 34.5 Å². The second-order valence-corrected chi connectivity index (χ2v) is 10.4. The number of rotatable bonds is 10. The van der Waals surface area contributed by atoms with E-state index in [1.54, 1.807) is 6.07 Å². The van der Waals surface area contributed by atoms with Gasteiger partial charge in [0.2, 0.25) is 0 Å². The minimum atomic E-state index is -4.69. The molecular formula is C34H30ClF6N3O5. The van der Waals surface area contributed by atoms with Crippen molar-refractivity contribution in [2.75, 3.05) is 20.8 Å². The maximum absolute atomic E-state index is 12.9. The Labute approximate surface area is 282 Å². The number of methoxy groups -OCH3 is 1. The van der Waals surface area contributed by atoms with Gasteiger partial charge in [-0.25, -0.2) is 4.79 Å².